The minimum absolute atomic E-state index is 0.183. The van der Waals surface area contributed by atoms with Crippen LogP contribution in [0.5, 0.6) is 0 Å². The number of rotatable bonds is 9. The topological polar surface area (TPSA) is 85.1 Å². The second-order valence-corrected chi connectivity index (χ2v) is 11.4. The van der Waals surface area contributed by atoms with E-state index < -0.39 is 17.7 Å². The molecule has 1 fully saturated rings. The van der Waals surface area contributed by atoms with Gasteiger partial charge in [-0.05, 0) is 50.7 Å². The predicted molar refractivity (Wildman–Crippen MR) is 146 cm³/mol. The normalized spacial score (nSPS) is 21.0. The van der Waals surface area contributed by atoms with E-state index in [1.165, 1.54) is 0 Å². The van der Waals surface area contributed by atoms with E-state index in [0.29, 0.717) is 18.9 Å². The molecule has 0 spiro atoms. The van der Waals surface area contributed by atoms with Crippen LogP contribution in [0.4, 0.5) is 4.79 Å². The fourth-order valence-corrected chi connectivity index (χ4v) is 5.10. The molecule has 7 nitrogen and oxygen atoms in total. The van der Waals surface area contributed by atoms with Gasteiger partial charge in [-0.3, -0.25) is 9.69 Å². The van der Waals surface area contributed by atoms with Crippen molar-refractivity contribution in [2.75, 3.05) is 7.05 Å². The largest absolute Gasteiger partial charge is 0.459 e. The van der Waals surface area contributed by atoms with E-state index in [1.807, 2.05) is 81.4 Å². The van der Waals surface area contributed by atoms with Gasteiger partial charge in [-0.25, -0.2) is 4.79 Å². The molecule has 0 saturated carbocycles. The fraction of sp³-hybridized carbons (Fsp3) is 0.533. The SMILES string of the molecule is CC(C)CC(N)C1C(N(C)C(=O)OCc2ccccc2)CC(C(=O)OC(C)(C)C)N1Cc1ccccc1. The molecule has 37 heavy (non-hydrogen) atoms. The molecule has 4 atom stereocenters. The number of likely N-dealkylation sites (N-methyl/N-ethyl adjacent to an activating group) is 1. The molecular formula is C30H43N3O4. The number of nitrogens with two attached hydrogens (primary N) is 1. The summed E-state index contributed by atoms with van der Waals surface area (Å²) in [6, 6.07) is 18.3. The van der Waals surface area contributed by atoms with Crippen molar-refractivity contribution in [1.82, 2.24) is 9.80 Å². The predicted octanol–water partition coefficient (Wildman–Crippen LogP) is 4.98. The first-order chi connectivity index (χ1) is 17.5. The van der Waals surface area contributed by atoms with Crippen molar-refractivity contribution in [1.29, 1.82) is 0 Å². The van der Waals surface area contributed by atoms with Gasteiger partial charge in [-0.2, -0.15) is 0 Å². The number of likely N-dealkylation sites (tertiary alicyclic amines) is 1. The molecular weight excluding hydrogens is 466 g/mol. The Hall–Kier alpha value is -2.90. The van der Waals surface area contributed by atoms with E-state index in [-0.39, 0.29) is 30.7 Å². The van der Waals surface area contributed by atoms with Crippen LogP contribution in [0, 0.1) is 5.92 Å². The minimum Gasteiger partial charge on any atom is -0.459 e. The molecule has 2 aromatic carbocycles. The van der Waals surface area contributed by atoms with Crippen LogP contribution in [0.1, 0.15) is 58.6 Å². The van der Waals surface area contributed by atoms with Gasteiger partial charge >= 0.3 is 12.1 Å². The number of carbonyl (C=O) groups is 2. The Balaban J connectivity index is 1.91. The molecule has 3 rings (SSSR count). The monoisotopic (exact) mass is 509 g/mol. The summed E-state index contributed by atoms with van der Waals surface area (Å²) in [6.45, 7) is 10.6. The second-order valence-electron chi connectivity index (χ2n) is 11.4. The maximum absolute atomic E-state index is 13.5. The molecule has 2 aromatic rings. The lowest BCUT2D eigenvalue weighted by atomic mass is 9.93. The van der Waals surface area contributed by atoms with Crippen molar-refractivity contribution in [3.05, 3.63) is 71.8 Å². The third-order valence-corrected chi connectivity index (χ3v) is 6.70. The van der Waals surface area contributed by atoms with Gasteiger partial charge in [-0.15, -0.1) is 0 Å². The average molecular weight is 510 g/mol. The van der Waals surface area contributed by atoms with Gasteiger partial charge in [0.1, 0.15) is 18.2 Å². The van der Waals surface area contributed by atoms with Crippen LogP contribution in [0.25, 0.3) is 0 Å². The van der Waals surface area contributed by atoms with Gasteiger partial charge in [0.25, 0.3) is 0 Å². The summed E-state index contributed by atoms with van der Waals surface area (Å²) < 4.78 is 11.5. The van der Waals surface area contributed by atoms with Crippen molar-refractivity contribution in [3.63, 3.8) is 0 Å². The Kier molecular flexibility index (Phi) is 9.74. The summed E-state index contributed by atoms with van der Waals surface area (Å²) in [4.78, 5) is 30.4. The Morgan fingerprint density at radius 3 is 2.14 bits per heavy atom. The molecule has 1 amide bonds. The highest BCUT2D eigenvalue weighted by molar-refractivity contribution is 5.77. The number of ether oxygens (including phenoxy) is 2. The Bertz CT molecular complexity index is 1010. The smallest absolute Gasteiger partial charge is 0.410 e. The highest BCUT2D eigenvalue weighted by Gasteiger charge is 2.50. The summed E-state index contributed by atoms with van der Waals surface area (Å²) in [5.74, 6) is 0.0730. The van der Waals surface area contributed by atoms with Gasteiger partial charge in [0.2, 0.25) is 0 Å². The summed E-state index contributed by atoms with van der Waals surface area (Å²) in [5, 5.41) is 0. The minimum atomic E-state index is -0.621. The first-order valence-electron chi connectivity index (χ1n) is 13.2. The van der Waals surface area contributed by atoms with E-state index in [1.54, 1.807) is 11.9 Å². The van der Waals surface area contributed by atoms with Crippen LogP contribution >= 0.6 is 0 Å². The summed E-state index contributed by atoms with van der Waals surface area (Å²) in [7, 11) is 1.74. The molecule has 4 unspecified atom stereocenters. The fourth-order valence-electron chi connectivity index (χ4n) is 5.10. The van der Waals surface area contributed by atoms with Crippen LogP contribution in [-0.4, -0.2) is 58.7 Å². The zero-order valence-corrected chi connectivity index (χ0v) is 23.1. The second kappa shape index (κ2) is 12.6. The van der Waals surface area contributed by atoms with Gasteiger partial charge in [0.05, 0.1) is 6.04 Å². The van der Waals surface area contributed by atoms with Gasteiger partial charge in [-0.1, -0.05) is 74.5 Å². The average Bonchev–Trinajstić information content (AvgIpc) is 3.21. The van der Waals surface area contributed by atoms with Crippen molar-refractivity contribution >= 4 is 12.1 Å². The van der Waals surface area contributed by atoms with Crippen molar-refractivity contribution in [2.45, 2.75) is 90.4 Å². The molecule has 202 valence electrons. The number of benzene rings is 2. The van der Waals surface area contributed by atoms with E-state index in [4.69, 9.17) is 15.2 Å². The Morgan fingerprint density at radius 1 is 1.03 bits per heavy atom. The van der Waals surface area contributed by atoms with Crippen LogP contribution < -0.4 is 5.73 Å². The molecule has 1 saturated heterocycles. The molecule has 2 N–H and O–H groups in total. The van der Waals surface area contributed by atoms with Crippen LogP contribution in [0.15, 0.2) is 60.7 Å². The number of amides is 1. The van der Waals surface area contributed by atoms with Crippen molar-refractivity contribution < 1.29 is 19.1 Å². The van der Waals surface area contributed by atoms with Crippen molar-refractivity contribution in [3.8, 4) is 0 Å². The molecule has 0 bridgehead atoms. The molecule has 7 heteroatoms. The number of esters is 1. The van der Waals surface area contributed by atoms with E-state index in [0.717, 1.165) is 17.5 Å². The molecule has 0 aromatic heterocycles. The molecule has 1 aliphatic rings. The van der Waals surface area contributed by atoms with Crippen LogP contribution in [0.2, 0.25) is 0 Å². The number of carbonyl (C=O) groups excluding carboxylic acids is 2. The first-order valence-corrected chi connectivity index (χ1v) is 13.2. The molecule has 0 aliphatic carbocycles. The van der Waals surface area contributed by atoms with Gasteiger partial charge in [0, 0.05) is 25.7 Å². The zero-order valence-electron chi connectivity index (χ0n) is 23.1. The van der Waals surface area contributed by atoms with Crippen LogP contribution in [0.3, 0.4) is 0 Å². The molecule has 1 aliphatic heterocycles. The molecule has 1 heterocycles. The van der Waals surface area contributed by atoms with Gasteiger partial charge < -0.3 is 20.1 Å². The number of nitrogens with zero attached hydrogens (tertiary/aromatic N) is 2. The third kappa shape index (κ3) is 8.04. The maximum atomic E-state index is 13.5. The summed E-state index contributed by atoms with van der Waals surface area (Å²) in [5.41, 5.74) is 8.21. The maximum Gasteiger partial charge on any atom is 0.410 e. The highest BCUT2D eigenvalue weighted by Crippen LogP contribution is 2.34. The molecule has 0 radical (unpaired) electrons. The Labute approximate surface area is 221 Å². The van der Waals surface area contributed by atoms with E-state index in [9.17, 15) is 9.59 Å². The van der Waals surface area contributed by atoms with Crippen LogP contribution in [-0.2, 0) is 27.4 Å². The lowest BCUT2D eigenvalue weighted by Crippen LogP contribution is -2.56. The van der Waals surface area contributed by atoms with Crippen molar-refractivity contribution in [2.24, 2.45) is 11.7 Å². The highest BCUT2D eigenvalue weighted by atomic mass is 16.6. The number of hydrogen-bond donors (Lipinski definition) is 1. The lowest BCUT2D eigenvalue weighted by molar-refractivity contribution is -0.161. The summed E-state index contributed by atoms with van der Waals surface area (Å²) in [6.07, 6.45) is 0.760. The quantitative estimate of drug-likeness (QED) is 0.480. The van der Waals surface area contributed by atoms with Gasteiger partial charge in [0.15, 0.2) is 0 Å². The number of hydrogen-bond acceptors (Lipinski definition) is 6. The van der Waals surface area contributed by atoms with E-state index in [2.05, 4.69) is 18.7 Å². The van der Waals surface area contributed by atoms with E-state index >= 15 is 0 Å². The first kappa shape index (κ1) is 28.7. The zero-order chi connectivity index (χ0) is 27.2. The summed E-state index contributed by atoms with van der Waals surface area (Å²) >= 11 is 0. The lowest BCUT2D eigenvalue weighted by Gasteiger charge is -2.38. The Morgan fingerprint density at radius 2 is 1.59 bits per heavy atom. The standard InChI is InChI=1S/C30H43N3O4/c1-21(2)17-24(31)27-25(32(6)29(35)36-20-23-15-11-8-12-16-23)18-26(28(34)37-30(3,4)5)33(27)19-22-13-9-7-10-14-22/h7-16,21,24-27H,17-20,31H2,1-6H3. The third-order valence-electron chi connectivity index (χ3n) is 6.70.